The van der Waals surface area contributed by atoms with Crippen molar-refractivity contribution in [1.82, 2.24) is 5.32 Å². The molecule has 0 saturated heterocycles. The van der Waals surface area contributed by atoms with Crippen LogP contribution in [0.2, 0.25) is 5.02 Å². The van der Waals surface area contributed by atoms with Crippen LogP contribution in [0.4, 0.5) is 4.39 Å². The third-order valence-electron chi connectivity index (χ3n) is 3.93. The molecule has 0 fully saturated rings. The van der Waals surface area contributed by atoms with Crippen LogP contribution in [0, 0.1) is 5.82 Å². The van der Waals surface area contributed by atoms with E-state index in [4.69, 9.17) is 16.3 Å². The quantitative estimate of drug-likeness (QED) is 0.773. The van der Waals surface area contributed by atoms with E-state index in [0.29, 0.717) is 10.6 Å². The predicted octanol–water partition coefficient (Wildman–Crippen LogP) is 3.41. The Morgan fingerprint density at radius 3 is 2.38 bits per heavy atom. The molecule has 0 spiro atoms. The lowest BCUT2D eigenvalue weighted by molar-refractivity contribution is -0.145. The van der Waals surface area contributed by atoms with Crippen molar-refractivity contribution >= 4 is 23.5 Å². The highest BCUT2D eigenvalue weighted by Gasteiger charge is 2.32. The number of hydrogen-bond acceptors (Lipinski definition) is 3. The summed E-state index contributed by atoms with van der Waals surface area (Å²) in [7, 11) is 0. The fourth-order valence-electron chi connectivity index (χ4n) is 2.35. The molecule has 0 heterocycles. The first kappa shape index (κ1) is 19.7. The Morgan fingerprint density at radius 1 is 1.19 bits per heavy atom. The number of carboxylic acid groups (broad SMARTS) is 1. The molecule has 26 heavy (non-hydrogen) atoms. The van der Waals surface area contributed by atoms with Crippen molar-refractivity contribution in [3.63, 3.8) is 0 Å². The molecule has 5 nitrogen and oxygen atoms in total. The molecule has 0 aromatic heterocycles. The first-order valence-corrected chi connectivity index (χ1v) is 8.28. The molecule has 0 aliphatic heterocycles. The summed E-state index contributed by atoms with van der Waals surface area (Å²) >= 11 is 6.16. The number of nitrogens with one attached hydrogen (secondary N) is 1. The number of rotatable bonds is 7. The van der Waals surface area contributed by atoms with Gasteiger partial charge in [0.25, 0.3) is 0 Å². The summed E-state index contributed by atoms with van der Waals surface area (Å²) in [5.74, 6) is -1.90. The molecule has 1 unspecified atom stereocenters. The molecule has 0 aliphatic carbocycles. The topological polar surface area (TPSA) is 75.6 Å². The standard InChI is InChI=1S/C19H19ClFNO4/c1-19(2,14-5-3-4-6-15(14)20)18(25)22-11-16(17(23)24)26-13-9-7-12(21)8-10-13/h3-10,16H,11H2,1-2H3,(H,22,25)(H,23,24). The number of carboxylic acids is 1. The summed E-state index contributed by atoms with van der Waals surface area (Å²) < 4.78 is 18.2. The van der Waals surface area contributed by atoms with Gasteiger partial charge in [-0.05, 0) is 49.7 Å². The first-order chi connectivity index (χ1) is 12.2. The highest BCUT2D eigenvalue weighted by Crippen LogP contribution is 2.29. The maximum absolute atomic E-state index is 12.9. The van der Waals surface area contributed by atoms with Crippen LogP contribution in [0.5, 0.6) is 5.75 Å². The van der Waals surface area contributed by atoms with Gasteiger partial charge in [-0.25, -0.2) is 9.18 Å². The largest absolute Gasteiger partial charge is 0.478 e. The molecule has 0 saturated carbocycles. The Kier molecular flexibility index (Phi) is 6.21. The summed E-state index contributed by atoms with van der Waals surface area (Å²) in [6, 6.07) is 11.9. The number of amides is 1. The molecule has 0 bridgehead atoms. The van der Waals surface area contributed by atoms with Gasteiger partial charge in [-0.3, -0.25) is 4.79 Å². The Labute approximate surface area is 155 Å². The summed E-state index contributed by atoms with van der Waals surface area (Å²) in [6.07, 6.45) is -1.31. The van der Waals surface area contributed by atoms with E-state index in [9.17, 15) is 19.1 Å². The van der Waals surface area contributed by atoms with Gasteiger partial charge in [0.1, 0.15) is 11.6 Å². The van der Waals surface area contributed by atoms with E-state index in [1.165, 1.54) is 12.1 Å². The van der Waals surface area contributed by atoms with Gasteiger partial charge in [0.15, 0.2) is 0 Å². The average Bonchev–Trinajstić information content (AvgIpc) is 2.59. The summed E-state index contributed by atoms with van der Waals surface area (Å²) in [5.41, 5.74) is -0.331. The number of halogens is 2. The van der Waals surface area contributed by atoms with E-state index in [2.05, 4.69) is 5.32 Å². The van der Waals surface area contributed by atoms with E-state index in [-0.39, 0.29) is 18.2 Å². The second-order valence-corrected chi connectivity index (χ2v) is 6.62. The van der Waals surface area contributed by atoms with Crippen LogP contribution in [-0.2, 0) is 15.0 Å². The molecule has 0 aliphatic rings. The van der Waals surface area contributed by atoms with Gasteiger partial charge in [0.2, 0.25) is 12.0 Å². The highest BCUT2D eigenvalue weighted by molar-refractivity contribution is 6.31. The minimum absolute atomic E-state index is 0.193. The third-order valence-corrected chi connectivity index (χ3v) is 4.26. The first-order valence-electron chi connectivity index (χ1n) is 7.90. The number of aliphatic carboxylic acids is 1. The lowest BCUT2D eigenvalue weighted by Crippen LogP contribution is -2.46. The van der Waals surface area contributed by atoms with Crippen molar-refractivity contribution in [2.45, 2.75) is 25.4 Å². The molecular weight excluding hydrogens is 361 g/mol. The fraction of sp³-hybridized carbons (Fsp3) is 0.263. The molecule has 0 radical (unpaired) electrons. The Balaban J connectivity index is 2.06. The zero-order valence-corrected chi connectivity index (χ0v) is 15.1. The second kappa shape index (κ2) is 8.19. The minimum atomic E-state index is -1.31. The zero-order chi connectivity index (χ0) is 19.3. The smallest absolute Gasteiger partial charge is 0.346 e. The molecule has 2 N–H and O–H groups in total. The fourth-order valence-corrected chi connectivity index (χ4v) is 2.73. The van der Waals surface area contributed by atoms with Crippen LogP contribution in [0.1, 0.15) is 19.4 Å². The Hall–Kier alpha value is -2.60. The van der Waals surface area contributed by atoms with Crippen molar-refractivity contribution in [3.05, 3.63) is 64.9 Å². The lowest BCUT2D eigenvalue weighted by Gasteiger charge is -2.26. The van der Waals surface area contributed by atoms with Crippen LogP contribution in [0.3, 0.4) is 0 Å². The average molecular weight is 380 g/mol. The van der Waals surface area contributed by atoms with Crippen molar-refractivity contribution < 1.29 is 23.8 Å². The van der Waals surface area contributed by atoms with Crippen molar-refractivity contribution in [1.29, 1.82) is 0 Å². The monoisotopic (exact) mass is 379 g/mol. The van der Waals surface area contributed by atoms with Gasteiger partial charge in [0, 0.05) is 5.02 Å². The number of carbonyl (C=O) groups is 2. The molecule has 2 aromatic carbocycles. The summed E-state index contributed by atoms with van der Waals surface area (Å²) in [4.78, 5) is 24.0. The van der Waals surface area contributed by atoms with E-state index >= 15 is 0 Å². The number of carbonyl (C=O) groups excluding carboxylic acids is 1. The molecule has 1 amide bonds. The maximum Gasteiger partial charge on any atom is 0.346 e. The minimum Gasteiger partial charge on any atom is -0.478 e. The van der Waals surface area contributed by atoms with Crippen molar-refractivity contribution in [2.75, 3.05) is 6.54 Å². The molecular formula is C19H19ClFNO4. The van der Waals surface area contributed by atoms with Gasteiger partial charge in [-0.2, -0.15) is 0 Å². The van der Waals surface area contributed by atoms with Crippen molar-refractivity contribution in [2.24, 2.45) is 0 Å². The Bertz CT molecular complexity index is 792. The number of hydrogen-bond donors (Lipinski definition) is 2. The third kappa shape index (κ3) is 4.73. The van der Waals surface area contributed by atoms with E-state index in [0.717, 1.165) is 12.1 Å². The van der Waals surface area contributed by atoms with Gasteiger partial charge < -0.3 is 15.2 Å². The Morgan fingerprint density at radius 2 is 1.81 bits per heavy atom. The number of benzene rings is 2. The summed E-state index contributed by atoms with van der Waals surface area (Å²) in [5, 5.41) is 12.3. The SMILES string of the molecule is CC(C)(C(=O)NCC(Oc1ccc(F)cc1)C(=O)O)c1ccccc1Cl. The van der Waals surface area contributed by atoms with Gasteiger partial charge >= 0.3 is 5.97 Å². The van der Waals surface area contributed by atoms with Crippen LogP contribution in [-0.4, -0.2) is 29.6 Å². The second-order valence-electron chi connectivity index (χ2n) is 6.21. The number of ether oxygens (including phenoxy) is 1. The molecule has 2 rings (SSSR count). The zero-order valence-electron chi connectivity index (χ0n) is 14.3. The lowest BCUT2D eigenvalue weighted by atomic mass is 9.83. The molecule has 1 atom stereocenters. The molecule has 7 heteroatoms. The van der Waals surface area contributed by atoms with Gasteiger partial charge in [0.05, 0.1) is 12.0 Å². The van der Waals surface area contributed by atoms with Gasteiger partial charge in [-0.1, -0.05) is 29.8 Å². The van der Waals surface area contributed by atoms with E-state index in [1.807, 2.05) is 0 Å². The predicted molar refractivity (Wildman–Crippen MR) is 95.9 cm³/mol. The van der Waals surface area contributed by atoms with E-state index < -0.39 is 23.3 Å². The van der Waals surface area contributed by atoms with Crippen LogP contribution in [0.25, 0.3) is 0 Å². The molecule has 2 aromatic rings. The highest BCUT2D eigenvalue weighted by atomic mass is 35.5. The van der Waals surface area contributed by atoms with Crippen LogP contribution < -0.4 is 10.1 Å². The van der Waals surface area contributed by atoms with E-state index in [1.54, 1.807) is 38.1 Å². The summed E-state index contributed by atoms with van der Waals surface area (Å²) in [6.45, 7) is 3.14. The molecule has 138 valence electrons. The van der Waals surface area contributed by atoms with Crippen LogP contribution in [0.15, 0.2) is 48.5 Å². The van der Waals surface area contributed by atoms with Crippen LogP contribution >= 0.6 is 11.6 Å². The normalized spacial score (nSPS) is 12.3. The maximum atomic E-state index is 12.9. The van der Waals surface area contributed by atoms with Crippen molar-refractivity contribution in [3.8, 4) is 5.75 Å². The van der Waals surface area contributed by atoms with Gasteiger partial charge in [-0.15, -0.1) is 0 Å².